The molecule has 0 amide bonds. The number of aryl methyl sites for hydroxylation is 2. The van der Waals surface area contributed by atoms with Crippen LogP contribution in [0.5, 0.6) is 5.75 Å². The number of halogens is 2. The molecule has 0 bridgehead atoms. The molecule has 0 saturated heterocycles. The second-order valence-electron chi connectivity index (χ2n) is 6.89. The lowest BCUT2D eigenvalue weighted by Crippen LogP contribution is -2.22. The lowest BCUT2D eigenvalue weighted by Gasteiger charge is -2.16. The first-order chi connectivity index (χ1) is 13.8. The maximum absolute atomic E-state index is 14.6. The lowest BCUT2D eigenvalue weighted by molar-refractivity contribution is 0.415. The van der Waals surface area contributed by atoms with Crippen LogP contribution in [0.3, 0.4) is 0 Å². The Bertz CT molecular complexity index is 1300. The molecular formula is C22H19F2N3O2. The van der Waals surface area contributed by atoms with Gasteiger partial charge in [0.25, 0.3) is 5.56 Å². The number of ether oxygens (including phenoxy) is 1. The van der Waals surface area contributed by atoms with Crippen LogP contribution >= 0.6 is 0 Å². The smallest absolute Gasteiger partial charge is 0.277 e. The van der Waals surface area contributed by atoms with Crippen molar-refractivity contribution in [2.45, 2.75) is 13.8 Å². The van der Waals surface area contributed by atoms with Crippen molar-refractivity contribution in [3.05, 3.63) is 75.7 Å². The minimum atomic E-state index is -0.706. The number of methoxy groups -OCH3 is 1. The van der Waals surface area contributed by atoms with Crippen molar-refractivity contribution < 1.29 is 13.5 Å². The zero-order valence-corrected chi connectivity index (χ0v) is 16.5. The summed E-state index contributed by atoms with van der Waals surface area (Å²) < 4.78 is 36.3. The van der Waals surface area contributed by atoms with Gasteiger partial charge in [0.1, 0.15) is 23.0 Å². The van der Waals surface area contributed by atoms with E-state index in [1.165, 1.54) is 16.6 Å². The fourth-order valence-corrected chi connectivity index (χ4v) is 3.75. The standard InChI is InChI=1S/C22H19F2N3O2/c1-12-20(14-5-8-16(29-4)9-6-14)26(3)21-19(13(2)25-27(21)22(12)28)17-10-7-15(23)11-18(17)24/h5-11H,1-4H3. The van der Waals surface area contributed by atoms with Crippen molar-refractivity contribution in [3.63, 3.8) is 0 Å². The molecule has 0 saturated carbocycles. The summed E-state index contributed by atoms with van der Waals surface area (Å²) in [5.74, 6) is -0.669. The quantitative estimate of drug-likeness (QED) is 0.521. The molecule has 0 spiro atoms. The first-order valence-electron chi connectivity index (χ1n) is 9.02. The van der Waals surface area contributed by atoms with E-state index in [1.807, 2.05) is 28.8 Å². The largest absolute Gasteiger partial charge is 0.497 e. The number of aromatic nitrogens is 3. The monoisotopic (exact) mass is 395 g/mol. The molecule has 2 aromatic carbocycles. The van der Waals surface area contributed by atoms with Crippen LogP contribution in [0.1, 0.15) is 11.3 Å². The topological polar surface area (TPSA) is 48.5 Å². The van der Waals surface area contributed by atoms with Crippen LogP contribution in [0.15, 0.2) is 47.3 Å². The van der Waals surface area contributed by atoms with Gasteiger partial charge in [-0.05, 0) is 55.8 Å². The maximum atomic E-state index is 14.6. The Morgan fingerprint density at radius 3 is 2.34 bits per heavy atom. The van der Waals surface area contributed by atoms with Crippen molar-refractivity contribution >= 4 is 5.65 Å². The molecule has 0 atom stereocenters. The van der Waals surface area contributed by atoms with Gasteiger partial charge in [0.15, 0.2) is 0 Å². The van der Waals surface area contributed by atoms with E-state index in [0.717, 1.165) is 11.6 Å². The molecule has 29 heavy (non-hydrogen) atoms. The highest BCUT2D eigenvalue weighted by Gasteiger charge is 2.22. The summed E-state index contributed by atoms with van der Waals surface area (Å²) in [6.45, 7) is 3.43. The highest BCUT2D eigenvalue weighted by Crippen LogP contribution is 2.33. The normalized spacial score (nSPS) is 11.2. The predicted octanol–water partition coefficient (Wildman–Crippen LogP) is 4.27. The van der Waals surface area contributed by atoms with Crippen LogP contribution in [0.2, 0.25) is 0 Å². The van der Waals surface area contributed by atoms with Crippen molar-refractivity contribution in [1.29, 1.82) is 0 Å². The summed E-state index contributed by atoms with van der Waals surface area (Å²) in [4.78, 5) is 13.0. The number of hydrogen-bond donors (Lipinski definition) is 0. The Balaban J connectivity index is 2.09. The Morgan fingerprint density at radius 2 is 1.72 bits per heavy atom. The van der Waals surface area contributed by atoms with Crippen LogP contribution in [-0.4, -0.2) is 21.3 Å². The van der Waals surface area contributed by atoms with E-state index in [0.29, 0.717) is 33.9 Å². The number of fused-ring (bicyclic) bond motifs is 1. The third-order valence-corrected chi connectivity index (χ3v) is 5.12. The van der Waals surface area contributed by atoms with Gasteiger partial charge in [-0.3, -0.25) is 4.79 Å². The molecule has 0 aliphatic carbocycles. The van der Waals surface area contributed by atoms with Gasteiger partial charge in [-0.2, -0.15) is 9.61 Å². The van der Waals surface area contributed by atoms with Gasteiger partial charge in [-0.1, -0.05) is 0 Å². The van der Waals surface area contributed by atoms with Crippen molar-refractivity contribution in [2.24, 2.45) is 7.05 Å². The molecule has 0 radical (unpaired) electrons. The van der Waals surface area contributed by atoms with E-state index in [-0.39, 0.29) is 11.1 Å². The van der Waals surface area contributed by atoms with Gasteiger partial charge in [-0.25, -0.2) is 8.78 Å². The molecule has 2 heterocycles. The van der Waals surface area contributed by atoms with Crippen LogP contribution < -0.4 is 10.3 Å². The summed E-state index contributed by atoms with van der Waals surface area (Å²) in [6, 6.07) is 10.7. The van der Waals surface area contributed by atoms with Crippen LogP contribution in [-0.2, 0) is 7.05 Å². The third kappa shape index (κ3) is 2.90. The van der Waals surface area contributed by atoms with E-state index in [9.17, 15) is 13.6 Å². The highest BCUT2D eigenvalue weighted by molar-refractivity contribution is 5.82. The molecule has 4 rings (SSSR count). The molecule has 0 aliphatic rings. The highest BCUT2D eigenvalue weighted by atomic mass is 19.1. The van der Waals surface area contributed by atoms with Gasteiger partial charge >= 0.3 is 0 Å². The average molecular weight is 395 g/mol. The molecule has 4 aromatic rings. The van der Waals surface area contributed by atoms with E-state index >= 15 is 0 Å². The predicted molar refractivity (Wildman–Crippen MR) is 107 cm³/mol. The average Bonchev–Trinajstić information content (AvgIpc) is 3.04. The Labute approximate surface area is 165 Å². The van der Waals surface area contributed by atoms with Crippen LogP contribution in [0, 0.1) is 25.5 Å². The molecule has 5 nitrogen and oxygen atoms in total. The minimum Gasteiger partial charge on any atom is -0.497 e. The first kappa shape index (κ1) is 18.9. The summed E-state index contributed by atoms with van der Waals surface area (Å²) in [6.07, 6.45) is 0. The van der Waals surface area contributed by atoms with Gasteiger partial charge in [-0.15, -0.1) is 0 Å². The van der Waals surface area contributed by atoms with Gasteiger partial charge in [0, 0.05) is 24.2 Å². The SMILES string of the molecule is COc1ccc(-c2c(C)c(=O)n3nc(C)c(-c4ccc(F)cc4F)c3n2C)cc1. The van der Waals surface area contributed by atoms with Crippen molar-refractivity contribution in [1.82, 2.24) is 14.2 Å². The number of hydrogen-bond acceptors (Lipinski definition) is 3. The summed E-state index contributed by atoms with van der Waals surface area (Å²) in [5.41, 5.74) is 3.29. The number of nitrogens with zero attached hydrogens (tertiary/aromatic N) is 3. The lowest BCUT2D eigenvalue weighted by atomic mass is 10.0. The van der Waals surface area contributed by atoms with Gasteiger partial charge < -0.3 is 9.30 Å². The van der Waals surface area contributed by atoms with Gasteiger partial charge in [0.05, 0.1) is 24.1 Å². The molecule has 148 valence electrons. The summed E-state index contributed by atoms with van der Waals surface area (Å²) >= 11 is 0. The zero-order valence-electron chi connectivity index (χ0n) is 16.5. The van der Waals surface area contributed by atoms with Crippen molar-refractivity contribution in [2.75, 3.05) is 7.11 Å². The molecule has 0 aliphatic heterocycles. The van der Waals surface area contributed by atoms with Crippen LogP contribution in [0.25, 0.3) is 28.0 Å². The molecule has 7 heteroatoms. The first-order valence-corrected chi connectivity index (χ1v) is 9.02. The molecule has 2 aromatic heterocycles. The van der Waals surface area contributed by atoms with Crippen LogP contribution in [0.4, 0.5) is 8.78 Å². The molecular weight excluding hydrogens is 376 g/mol. The van der Waals surface area contributed by atoms with E-state index in [1.54, 1.807) is 28.0 Å². The number of benzene rings is 2. The van der Waals surface area contributed by atoms with Gasteiger partial charge in [0.2, 0.25) is 0 Å². The number of rotatable bonds is 3. The molecule has 0 fully saturated rings. The Morgan fingerprint density at radius 1 is 1.03 bits per heavy atom. The second-order valence-corrected chi connectivity index (χ2v) is 6.89. The fraction of sp³-hybridized carbons (Fsp3) is 0.182. The zero-order chi connectivity index (χ0) is 20.9. The second kappa shape index (κ2) is 6.84. The third-order valence-electron chi connectivity index (χ3n) is 5.12. The summed E-state index contributed by atoms with van der Waals surface area (Å²) in [7, 11) is 3.38. The minimum absolute atomic E-state index is 0.193. The Hall–Kier alpha value is -3.48. The van der Waals surface area contributed by atoms with Crippen molar-refractivity contribution in [3.8, 4) is 28.1 Å². The maximum Gasteiger partial charge on any atom is 0.277 e. The fourth-order valence-electron chi connectivity index (χ4n) is 3.75. The van der Waals surface area contributed by atoms with E-state index in [2.05, 4.69) is 5.10 Å². The van der Waals surface area contributed by atoms with E-state index in [4.69, 9.17) is 4.74 Å². The summed E-state index contributed by atoms with van der Waals surface area (Å²) in [5, 5.41) is 4.34. The molecule has 0 N–H and O–H groups in total. The Kier molecular flexibility index (Phi) is 4.45. The van der Waals surface area contributed by atoms with E-state index < -0.39 is 11.6 Å². The molecule has 0 unspecified atom stereocenters.